The molecule has 7 heteroatoms. The Morgan fingerprint density at radius 1 is 1.48 bits per heavy atom. The zero-order valence-corrected chi connectivity index (χ0v) is 12.7. The maximum Gasteiger partial charge on any atom is 0.341 e. The Labute approximate surface area is 126 Å². The van der Waals surface area contributed by atoms with Gasteiger partial charge in [-0.2, -0.15) is 5.10 Å². The first-order chi connectivity index (χ1) is 9.81. The Morgan fingerprint density at radius 3 is 2.71 bits per heavy atom. The molecule has 0 unspecified atom stereocenters. The highest BCUT2D eigenvalue weighted by Gasteiger charge is 2.18. The van der Waals surface area contributed by atoms with E-state index in [9.17, 15) is 9.18 Å². The van der Waals surface area contributed by atoms with Gasteiger partial charge in [0.15, 0.2) is 0 Å². The second-order valence-corrected chi connectivity index (χ2v) is 5.11. The molecule has 0 bridgehead atoms. The van der Waals surface area contributed by atoms with Gasteiger partial charge in [-0.05, 0) is 31.5 Å². The molecule has 1 aromatic carbocycles. The van der Waals surface area contributed by atoms with E-state index in [0.717, 1.165) is 0 Å². The number of hydrogen-bond acceptors (Lipinski definition) is 4. The molecule has 21 heavy (non-hydrogen) atoms. The van der Waals surface area contributed by atoms with Crippen LogP contribution in [0.4, 0.5) is 10.1 Å². The molecule has 0 saturated heterocycles. The molecule has 1 heterocycles. The van der Waals surface area contributed by atoms with Gasteiger partial charge in [-0.25, -0.2) is 9.18 Å². The molecule has 1 aromatic heterocycles. The van der Waals surface area contributed by atoms with E-state index < -0.39 is 11.8 Å². The predicted molar refractivity (Wildman–Crippen MR) is 77.6 cm³/mol. The molecule has 0 saturated carbocycles. The number of nitrogens with zero attached hydrogens (tertiary/aromatic N) is 2. The minimum atomic E-state index is -0.790. The molecular weight excluding hydrogens is 297 g/mol. The fraction of sp³-hybridized carbons (Fsp3) is 0.286. The molecule has 0 aliphatic rings. The first-order valence-electron chi connectivity index (χ1n) is 6.22. The number of carbonyl (C=O) groups excluding carboxylic acids is 1. The van der Waals surface area contributed by atoms with E-state index in [4.69, 9.17) is 22.1 Å². The van der Waals surface area contributed by atoms with Gasteiger partial charge in [-0.15, -0.1) is 0 Å². The molecule has 0 radical (unpaired) electrons. The average Bonchev–Trinajstić information content (AvgIpc) is 2.65. The standard InChI is InChI=1S/C14H15ClFN3O2/c1-7-4-9(17)5-10(12(7)16)14(20)21-6-11-8(2)18-19(3)13(11)15/h4-5H,6,17H2,1-3H3. The smallest absolute Gasteiger partial charge is 0.341 e. The van der Waals surface area contributed by atoms with Crippen molar-refractivity contribution in [3.63, 3.8) is 0 Å². The van der Waals surface area contributed by atoms with Crippen molar-refractivity contribution >= 4 is 23.3 Å². The van der Waals surface area contributed by atoms with Crippen LogP contribution in [0.5, 0.6) is 0 Å². The molecule has 0 aliphatic heterocycles. The van der Waals surface area contributed by atoms with Gasteiger partial charge in [0.2, 0.25) is 0 Å². The summed E-state index contributed by atoms with van der Waals surface area (Å²) in [6.07, 6.45) is 0. The van der Waals surface area contributed by atoms with E-state index >= 15 is 0 Å². The second-order valence-electron chi connectivity index (χ2n) is 4.75. The number of benzene rings is 1. The summed E-state index contributed by atoms with van der Waals surface area (Å²) in [5, 5.41) is 4.49. The van der Waals surface area contributed by atoms with Crippen molar-refractivity contribution in [3.05, 3.63) is 45.5 Å². The maximum absolute atomic E-state index is 13.9. The Balaban J connectivity index is 2.19. The maximum atomic E-state index is 13.9. The molecule has 0 spiro atoms. The predicted octanol–water partition coefficient (Wildman–Crippen LogP) is 2.77. The molecular formula is C14H15ClFN3O2. The molecule has 0 aliphatic carbocycles. The molecule has 2 N–H and O–H groups in total. The van der Waals surface area contributed by atoms with Gasteiger partial charge in [-0.3, -0.25) is 4.68 Å². The van der Waals surface area contributed by atoms with Crippen molar-refractivity contribution in [3.8, 4) is 0 Å². The van der Waals surface area contributed by atoms with Gasteiger partial charge < -0.3 is 10.5 Å². The molecule has 5 nitrogen and oxygen atoms in total. The summed E-state index contributed by atoms with van der Waals surface area (Å²) in [7, 11) is 1.68. The number of aromatic nitrogens is 2. The number of anilines is 1. The van der Waals surface area contributed by atoms with Crippen LogP contribution in [0.2, 0.25) is 5.15 Å². The van der Waals surface area contributed by atoms with Gasteiger partial charge in [-0.1, -0.05) is 11.6 Å². The van der Waals surface area contributed by atoms with Crippen LogP contribution in [0.1, 0.15) is 27.2 Å². The largest absolute Gasteiger partial charge is 0.457 e. The number of esters is 1. The quantitative estimate of drug-likeness (QED) is 0.699. The van der Waals surface area contributed by atoms with Crippen LogP contribution in [-0.2, 0) is 18.4 Å². The van der Waals surface area contributed by atoms with Crippen LogP contribution in [0.15, 0.2) is 12.1 Å². The number of aryl methyl sites for hydroxylation is 3. The zero-order valence-electron chi connectivity index (χ0n) is 11.9. The summed E-state index contributed by atoms with van der Waals surface area (Å²) >= 11 is 6.04. The summed E-state index contributed by atoms with van der Waals surface area (Å²) in [4.78, 5) is 12.0. The zero-order chi connectivity index (χ0) is 15.7. The lowest BCUT2D eigenvalue weighted by molar-refractivity contribution is 0.0466. The van der Waals surface area contributed by atoms with E-state index in [1.165, 1.54) is 23.7 Å². The van der Waals surface area contributed by atoms with Crippen molar-refractivity contribution < 1.29 is 13.9 Å². The lowest BCUT2D eigenvalue weighted by Crippen LogP contribution is -2.10. The van der Waals surface area contributed by atoms with Crippen LogP contribution < -0.4 is 5.73 Å². The number of carbonyl (C=O) groups is 1. The van der Waals surface area contributed by atoms with E-state index in [1.807, 2.05) is 0 Å². The van der Waals surface area contributed by atoms with Gasteiger partial charge >= 0.3 is 5.97 Å². The van der Waals surface area contributed by atoms with Crippen LogP contribution in [0.3, 0.4) is 0 Å². The molecule has 0 fully saturated rings. The number of ether oxygens (including phenoxy) is 1. The van der Waals surface area contributed by atoms with E-state index in [-0.39, 0.29) is 17.7 Å². The molecule has 2 rings (SSSR count). The van der Waals surface area contributed by atoms with Crippen molar-refractivity contribution in [1.82, 2.24) is 9.78 Å². The molecule has 0 amide bonds. The third kappa shape index (κ3) is 3.00. The number of hydrogen-bond donors (Lipinski definition) is 1. The van der Waals surface area contributed by atoms with E-state index in [1.54, 1.807) is 14.0 Å². The summed E-state index contributed by atoms with van der Waals surface area (Å²) in [6, 6.07) is 2.70. The lowest BCUT2D eigenvalue weighted by atomic mass is 10.1. The number of halogens is 2. The fourth-order valence-corrected chi connectivity index (χ4v) is 2.23. The Kier molecular flexibility index (Phi) is 4.18. The lowest BCUT2D eigenvalue weighted by Gasteiger charge is -2.08. The van der Waals surface area contributed by atoms with Crippen molar-refractivity contribution in [2.75, 3.05) is 5.73 Å². The second kappa shape index (κ2) is 5.73. The number of nitrogens with two attached hydrogens (primary N) is 1. The van der Waals surface area contributed by atoms with E-state index in [2.05, 4.69) is 5.10 Å². The van der Waals surface area contributed by atoms with Crippen LogP contribution in [0.25, 0.3) is 0 Å². The van der Waals surface area contributed by atoms with Crippen molar-refractivity contribution in [2.45, 2.75) is 20.5 Å². The SMILES string of the molecule is Cc1cc(N)cc(C(=O)OCc2c(C)nn(C)c2Cl)c1F. The highest BCUT2D eigenvalue weighted by Crippen LogP contribution is 2.22. The van der Waals surface area contributed by atoms with Gasteiger partial charge in [0.1, 0.15) is 17.6 Å². The minimum Gasteiger partial charge on any atom is -0.457 e. The first-order valence-corrected chi connectivity index (χ1v) is 6.59. The first kappa shape index (κ1) is 15.3. The van der Waals surface area contributed by atoms with Crippen molar-refractivity contribution in [1.29, 1.82) is 0 Å². The highest BCUT2D eigenvalue weighted by atomic mass is 35.5. The number of nitrogen functional groups attached to an aromatic ring is 1. The topological polar surface area (TPSA) is 70.1 Å². The van der Waals surface area contributed by atoms with Gasteiger partial charge in [0.25, 0.3) is 0 Å². The third-order valence-corrected chi connectivity index (χ3v) is 3.59. The normalized spacial score (nSPS) is 10.7. The van der Waals surface area contributed by atoms with Crippen LogP contribution in [-0.4, -0.2) is 15.7 Å². The van der Waals surface area contributed by atoms with Gasteiger partial charge in [0, 0.05) is 18.3 Å². The van der Waals surface area contributed by atoms with Crippen LogP contribution in [0, 0.1) is 19.7 Å². The highest BCUT2D eigenvalue weighted by molar-refractivity contribution is 6.30. The van der Waals surface area contributed by atoms with Crippen LogP contribution >= 0.6 is 11.6 Å². The molecule has 0 atom stereocenters. The summed E-state index contributed by atoms with van der Waals surface area (Å²) in [6.45, 7) is 3.20. The monoisotopic (exact) mass is 311 g/mol. The van der Waals surface area contributed by atoms with Gasteiger partial charge in [0.05, 0.1) is 11.3 Å². The fourth-order valence-electron chi connectivity index (χ4n) is 2.00. The summed E-state index contributed by atoms with van der Waals surface area (Å²) in [5.41, 5.74) is 7.26. The van der Waals surface area contributed by atoms with E-state index in [0.29, 0.717) is 22.1 Å². The third-order valence-electron chi connectivity index (χ3n) is 3.11. The molecule has 112 valence electrons. The average molecular weight is 312 g/mol. The Bertz CT molecular complexity index is 713. The Morgan fingerprint density at radius 2 is 2.14 bits per heavy atom. The summed E-state index contributed by atoms with van der Waals surface area (Å²) < 4.78 is 20.5. The van der Waals surface area contributed by atoms with Crippen molar-refractivity contribution in [2.24, 2.45) is 7.05 Å². The summed E-state index contributed by atoms with van der Waals surface area (Å²) in [5.74, 6) is -1.43. The molecule has 2 aromatic rings. The Hall–Kier alpha value is -2.08. The minimum absolute atomic E-state index is 0.0787. The number of rotatable bonds is 3.